The van der Waals surface area contributed by atoms with E-state index in [1.807, 2.05) is 0 Å². The van der Waals surface area contributed by atoms with Crippen molar-refractivity contribution in [2.75, 3.05) is 19.0 Å². The molecule has 2 heterocycles. The Morgan fingerprint density at radius 1 is 1.25 bits per heavy atom. The lowest BCUT2D eigenvalue weighted by Crippen LogP contribution is -2.44. The summed E-state index contributed by atoms with van der Waals surface area (Å²) in [4.78, 5) is 2.44. The fraction of sp³-hybridized carbons (Fsp3) is 0.692. The maximum Gasteiger partial charge on any atom is 0.0451 e. The first-order valence-electron chi connectivity index (χ1n) is 6.19. The molecule has 0 spiro atoms. The van der Waals surface area contributed by atoms with Gasteiger partial charge in [-0.25, -0.2) is 0 Å². The van der Waals surface area contributed by atoms with E-state index in [1.54, 1.807) is 0 Å². The molecule has 3 nitrogen and oxygen atoms in total. The second-order valence-electron chi connectivity index (χ2n) is 5.13. The minimum atomic E-state index is 0.607. The van der Waals surface area contributed by atoms with Gasteiger partial charge in [-0.1, -0.05) is 0 Å². The molecule has 1 N–H and O–H groups in total. The minimum absolute atomic E-state index is 0.607. The van der Waals surface area contributed by atoms with Crippen LogP contribution in [0.5, 0.6) is 0 Å². The highest BCUT2D eigenvalue weighted by Crippen LogP contribution is 2.17. The Balaban J connectivity index is 2.00. The van der Waals surface area contributed by atoms with Crippen LogP contribution in [0.4, 0.5) is 0 Å². The van der Waals surface area contributed by atoms with Crippen molar-refractivity contribution in [3.05, 3.63) is 23.5 Å². The molecule has 0 bridgehead atoms. The van der Waals surface area contributed by atoms with Gasteiger partial charge in [-0.15, -0.1) is 0 Å². The van der Waals surface area contributed by atoms with Gasteiger partial charge in [0, 0.05) is 30.0 Å². The zero-order chi connectivity index (χ0) is 11.7. The summed E-state index contributed by atoms with van der Waals surface area (Å²) in [5.41, 5.74) is 6.23. The van der Waals surface area contributed by atoms with Crippen LogP contribution < -0.4 is 5.43 Å². The van der Waals surface area contributed by atoms with E-state index in [4.69, 9.17) is 0 Å². The van der Waals surface area contributed by atoms with Crippen LogP contribution in [0.1, 0.15) is 31.2 Å². The Morgan fingerprint density at radius 2 is 1.88 bits per heavy atom. The Bertz CT molecular complexity index is 337. The van der Waals surface area contributed by atoms with Crippen LogP contribution in [0.2, 0.25) is 0 Å². The fourth-order valence-corrected chi connectivity index (χ4v) is 2.46. The monoisotopic (exact) mass is 221 g/mol. The van der Waals surface area contributed by atoms with Crippen molar-refractivity contribution in [3.63, 3.8) is 0 Å². The Labute approximate surface area is 98.4 Å². The predicted molar refractivity (Wildman–Crippen MR) is 68.4 cm³/mol. The molecule has 0 aromatic carbocycles. The fourth-order valence-electron chi connectivity index (χ4n) is 2.46. The van der Waals surface area contributed by atoms with Crippen LogP contribution in [-0.4, -0.2) is 35.3 Å². The van der Waals surface area contributed by atoms with Crippen LogP contribution in [0, 0.1) is 13.8 Å². The van der Waals surface area contributed by atoms with Gasteiger partial charge in [-0.2, -0.15) is 0 Å². The van der Waals surface area contributed by atoms with E-state index in [9.17, 15) is 0 Å². The van der Waals surface area contributed by atoms with E-state index in [0.29, 0.717) is 12.1 Å². The van der Waals surface area contributed by atoms with Gasteiger partial charge in [0.25, 0.3) is 0 Å². The number of piperidine rings is 1. The zero-order valence-electron chi connectivity index (χ0n) is 10.8. The van der Waals surface area contributed by atoms with Gasteiger partial charge in [-0.3, -0.25) is 4.68 Å². The molecule has 0 aliphatic carbocycles. The highest BCUT2D eigenvalue weighted by Gasteiger charge is 2.22. The summed E-state index contributed by atoms with van der Waals surface area (Å²) in [5.74, 6) is 0. The quantitative estimate of drug-likeness (QED) is 0.825. The van der Waals surface area contributed by atoms with Crippen LogP contribution in [-0.2, 0) is 0 Å². The number of hydrogen-bond donors (Lipinski definition) is 1. The highest BCUT2D eigenvalue weighted by molar-refractivity contribution is 5.16. The van der Waals surface area contributed by atoms with Crippen LogP contribution in [0.25, 0.3) is 0 Å². The zero-order valence-corrected chi connectivity index (χ0v) is 10.8. The van der Waals surface area contributed by atoms with E-state index in [0.717, 1.165) is 0 Å². The maximum atomic E-state index is 3.64. The average Bonchev–Trinajstić information content (AvgIpc) is 2.55. The number of likely N-dealkylation sites (tertiary alicyclic amines) is 1. The van der Waals surface area contributed by atoms with E-state index in [-0.39, 0.29) is 0 Å². The molecule has 0 amide bonds. The number of aryl methyl sites for hydroxylation is 2. The van der Waals surface area contributed by atoms with Crippen molar-refractivity contribution < 1.29 is 0 Å². The molecule has 1 aromatic heterocycles. The number of aromatic nitrogens is 1. The molecule has 1 aliphatic rings. The van der Waals surface area contributed by atoms with E-state index in [2.05, 4.69) is 55.0 Å². The summed E-state index contributed by atoms with van der Waals surface area (Å²) in [7, 11) is 2.22. The first kappa shape index (κ1) is 11.5. The van der Waals surface area contributed by atoms with Crippen molar-refractivity contribution in [2.24, 2.45) is 0 Å². The second-order valence-corrected chi connectivity index (χ2v) is 5.13. The smallest absolute Gasteiger partial charge is 0.0451 e. The molecule has 1 saturated heterocycles. The second kappa shape index (κ2) is 4.50. The van der Waals surface area contributed by atoms with Crippen LogP contribution in [0.3, 0.4) is 0 Å². The highest BCUT2D eigenvalue weighted by atomic mass is 15.4. The normalized spacial score (nSPS) is 27.0. The molecule has 2 unspecified atom stereocenters. The number of nitrogens with one attached hydrogen (secondary N) is 1. The minimum Gasteiger partial charge on any atom is -0.323 e. The summed E-state index contributed by atoms with van der Waals surface area (Å²) in [6, 6.07) is 5.62. The maximum absolute atomic E-state index is 3.64. The Hall–Kier alpha value is -0.960. The van der Waals surface area contributed by atoms with Gasteiger partial charge >= 0.3 is 0 Å². The van der Waals surface area contributed by atoms with Gasteiger partial charge in [0.1, 0.15) is 0 Å². The van der Waals surface area contributed by atoms with Gasteiger partial charge in [0.05, 0.1) is 0 Å². The van der Waals surface area contributed by atoms with Gasteiger partial charge < -0.3 is 10.3 Å². The molecule has 1 aliphatic heterocycles. The molecule has 16 heavy (non-hydrogen) atoms. The lowest BCUT2D eigenvalue weighted by atomic mass is 10.00. The third kappa shape index (κ3) is 2.24. The molecule has 2 atom stereocenters. The molecule has 1 aromatic rings. The van der Waals surface area contributed by atoms with Crippen LogP contribution >= 0.6 is 0 Å². The summed E-state index contributed by atoms with van der Waals surface area (Å²) < 4.78 is 2.22. The Kier molecular flexibility index (Phi) is 3.24. The van der Waals surface area contributed by atoms with E-state index >= 15 is 0 Å². The van der Waals surface area contributed by atoms with Gasteiger partial charge in [0.2, 0.25) is 0 Å². The molecule has 1 fully saturated rings. The summed E-state index contributed by atoms with van der Waals surface area (Å²) in [5, 5.41) is 0. The van der Waals surface area contributed by atoms with Crippen molar-refractivity contribution in [1.29, 1.82) is 0 Å². The first-order valence-corrected chi connectivity index (χ1v) is 6.19. The molecule has 2 rings (SSSR count). The number of rotatable bonds is 2. The van der Waals surface area contributed by atoms with E-state index in [1.165, 1.54) is 30.8 Å². The first-order chi connectivity index (χ1) is 7.58. The van der Waals surface area contributed by atoms with Gasteiger partial charge in [0.15, 0.2) is 0 Å². The lowest BCUT2D eigenvalue weighted by molar-refractivity contribution is 0.185. The third-order valence-corrected chi connectivity index (χ3v) is 3.79. The van der Waals surface area contributed by atoms with Crippen molar-refractivity contribution in [2.45, 2.75) is 45.7 Å². The summed E-state index contributed by atoms with van der Waals surface area (Å²) >= 11 is 0. The molecule has 0 saturated carbocycles. The van der Waals surface area contributed by atoms with Crippen molar-refractivity contribution >= 4 is 0 Å². The largest absolute Gasteiger partial charge is 0.323 e. The molecular weight excluding hydrogens is 198 g/mol. The Morgan fingerprint density at radius 3 is 2.44 bits per heavy atom. The number of nitrogens with zero attached hydrogens (tertiary/aromatic N) is 2. The lowest BCUT2D eigenvalue weighted by Gasteiger charge is -2.36. The van der Waals surface area contributed by atoms with Crippen LogP contribution in [0.15, 0.2) is 12.1 Å². The van der Waals surface area contributed by atoms with E-state index < -0.39 is 0 Å². The molecular formula is C13H23N3. The summed E-state index contributed by atoms with van der Waals surface area (Å²) in [6.45, 7) is 7.80. The average molecular weight is 221 g/mol. The SMILES string of the molecule is Cc1ccc(C)n1NC1CCN(C)C(C)C1. The third-order valence-electron chi connectivity index (χ3n) is 3.79. The molecule has 0 radical (unpaired) electrons. The van der Waals surface area contributed by atoms with Gasteiger partial charge in [-0.05, 0) is 52.8 Å². The van der Waals surface area contributed by atoms with Crippen molar-refractivity contribution in [3.8, 4) is 0 Å². The number of hydrogen-bond acceptors (Lipinski definition) is 2. The topological polar surface area (TPSA) is 20.2 Å². The summed E-state index contributed by atoms with van der Waals surface area (Å²) in [6.07, 6.45) is 2.46. The molecule has 3 heteroatoms. The van der Waals surface area contributed by atoms with Crippen molar-refractivity contribution in [1.82, 2.24) is 9.58 Å². The molecule has 90 valence electrons. The standard InChI is InChI=1S/C13H23N3/c1-10-5-6-11(2)16(10)14-13-7-8-15(4)12(3)9-13/h5-6,12-14H,7-9H2,1-4H3. The predicted octanol–water partition coefficient (Wildman–Crippen LogP) is 2.13.